The summed E-state index contributed by atoms with van der Waals surface area (Å²) in [4.78, 5) is 20.0. The van der Waals surface area contributed by atoms with Crippen LogP contribution in [0.3, 0.4) is 0 Å². The number of piperidine rings is 1. The van der Waals surface area contributed by atoms with Gasteiger partial charge in [-0.3, -0.25) is 4.79 Å². The summed E-state index contributed by atoms with van der Waals surface area (Å²) >= 11 is 1.52. The Hall–Kier alpha value is -0.360. The molecule has 0 bridgehead atoms. The molecule has 2 rings (SSSR count). The van der Waals surface area contributed by atoms with E-state index in [1.54, 1.807) is 0 Å². The third kappa shape index (κ3) is 5.09. The topological polar surface area (TPSA) is 45.2 Å². The molecule has 122 valence electrons. The normalized spacial score (nSPS) is 15.0. The Morgan fingerprint density at radius 3 is 2.43 bits per heavy atom. The zero-order valence-corrected chi connectivity index (χ0v) is 15.3. The van der Waals surface area contributed by atoms with Gasteiger partial charge in [-0.1, -0.05) is 6.92 Å². The lowest BCUT2D eigenvalue weighted by molar-refractivity contribution is 0.0646. The van der Waals surface area contributed by atoms with Crippen molar-refractivity contribution >= 4 is 42.1 Å². The molecule has 1 saturated heterocycles. The second-order valence-corrected chi connectivity index (χ2v) is 6.33. The van der Waals surface area contributed by atoms with Crippen LogP contribution in [0.1, 0.15) is 46.6 Å². The second kappa shape index (κ2) is 9.62. The van der Waals surface area contributed by atoms with Crippen molar-refractivity contribution in [1.82, 2.24) is 15.2 Å². The molecular weight excluding hydrogens is 329 g/mol. The molecule has 1 fully saturated rings. The predicted molar refractivity (Wildman–Crippen MR) is 93.3 cm³/mol. The van der Waals surface area contributed by atoms with E-state index in [1.807, 2.05) is 13.8 Å². The zero-order valence-electron chi connectivity index (χ0n) is 12.8. The maximum atomic E-state index is 12.7. The summed E-state index contributed by atoms with van der Waals surface area (Å²) < 4.78 is 0. The number of nitrogens with zero attached hydrogens (tertiary/aromatic N) is 2. The van der Waals surface area contributed by atoms with Gasteiger partial charge in [-0.2, -0.15) is 0 Å². The molecule has 1 N–H and O–H groups in total. The monoisotopic (exact) mass is 353 g/mol. The van der Waals surface area contributed by atoms with Gasteiger partial charge in [0.25, 0.3) is 5.91 Å². The fourth-order valence-electron chi connectivity index (χ4n) is 2.67. The van der Waals surface area contributed by atoms with Crippen molar-refractivity contribution in [2.75, 3.05) is 19.6 Å². The molecule has 0 radical (unpaired) electrons. The number of aryl methyl sites for hydroxylation is 2. The lowest BCUT2D eigenvalue weighted by Gasteiger charge is -2.34. The first kappa shape index (κ1) is 20.6. The summed E-state index contributed by atoms with van der Waals surface area (Å²) in [6.45, 7) is 8.90. The Kier molecular flexibility index (Phi) is 9.45. The van der Waals surface area contributed by atoms with Gasteiger partial charge in [-0.05, 0) is 46.2 Å². The molecule has 1 amide bonds. The van der Waals surface area contributed by atoms with Crippen molar-refractivity contribution in [1.29, 1.82) is 0 Å². The summed E-state index contributed by atoms with van der Waals surface area (Å²) in [5.74, 6) is 0.178. The van der Waals surface area contributed by atoms with Gasteiger partial charge in [0.05, 0.1) is 10.7 Å². The molecule has 1 aromatic rings. The fourth-order valence-corrected chi connectivity index (χ4v) is 3.55. The average molecular weight is 354 g/mol. The third-order valence-electron chi connectivity index (χ3n) is 3.57. The molecule has 2 heterocycles. The highest BCUT2D eigenvalue weighted by Crippen LogP contribution is 2.22. The molecule has 0 aliphatic carbocycles. The van der Waals surface area contributed by atoms with E-state index in [2.05, 4.69) is 22.1 Å². The number of carbonyl (C=O) groups is 1. The Morgan fingerprint density at radius 2 is 1.95 bits per heavy atom. The van der Waals surface area contributed by atoms with Crippen molar-refractivity contribution in [3.05, 3.63) is 15.6 Å². The molecule has 0 aromatic carbocycles. The smallest absolute Gasteiger partial charge is 0.266 e. The second-order valence-electron chi connectivity index (χ2n) is 5.13. The number of carbonyl (C=O) groups excluding carboxylic acids is 1. The highest BCUT2D eigenvalue weighted by atomic mass is 35.5. The lowest BCUT2D eigenvalue weighted by Crippen LogP contribution is -2.46. The summed E-state index contributed by atoms with van der Waals surface area (Å²) in [5.41, 5.74) is 0.877. The fraction of sp³-hybridized carbons (Fsp3) is 0.714. The minimum Gasteiger partial charge on any atom is -0.335 e. The molecule has 0 saturated carbocycles. The number of amides is 1. The van der Waals surface area contributed by atoms with Crippen molar-refractivity contribution in [3.8, 4) is 0 Å². The van der Waals surface area contributed by atoms with E-state index >= 15 is 0 Å². The van der Waals surface area contributed by atoms with Crippen LogP contribution in [0, 0.1) is 13.8 Å². The summed E-state index contributed by atoms with van der Waals surface area (Å²) in [7, 11) is 0. The van der Waals surface area contributed by atoms with Crippen molar-refractivity contribution < 1.29 is 4.79 Å². The molecule has 1 aliphatic heterocycles. The molecule has 1 aromatic heterocycles. The lowest BCUT2D eigenvalue weighted by atomic mass is 10.0. The van der Waals surface area contributed by atoms with Crippen LogP contribution in [-0.4, -0.2) is 41.5 Å². The van der Waals surface area contributed by atoms with Gasteiger partial charge < -0.3 is 10.2 Å². The summed E-state index contributed by atoms with van der Waals surface area (Å²) in [6, 6.07) is 0.385. The Morgan fingerprint density at radius 1 is 1.33 bits per heavy atom. The molecule has 7 heteroatoms. The van der Waals surface area contributed by atoms with E-state index in [4.69, 9.17) is 0 Å². The van der Waals surface area contributed by atoms with Gasteiger partial charge in [0.15, 0.2) is 0 Å². The van der Waals surface area contributed by atoms with Crippen molar-refractivity contribution in [2.45, 2.75) is 46.1 Å². The minimum absolute atomic E-state index is 0. The first-order chi connectivity index (χ1) is 9.13. The maximum absolute atomic E-state index is 12.7. The Labute approximate surface area is 143 Å². The van der Waals surface area contributed by atoms with Crippen molar-refractivity contribution in [2.24, 2.45) is 0 Å². The van der Waals surface area contributed by atoms with E-state index in [0.29, 0.717) is 6.04 Å². The van der Waals surface area contributed by atoms with Crippen LogP contribution in [-0.2, 0) is 0 Å². The van der Waals surface area contributed by atoms with Gasteiger partial charge in [-0.15, -0.1) is 36.2 Å². The third-order valence-corrected chi connectivity index (χ3v) is 4.63. The number of hydrogen-bond donors (Lipinski definition) is 1. The SMILES string of the molecule is CCCN(C(=O)c1sc(C)nc1C)C1CCNCC1.Cl.Cl. The highest BCUT2D eigenvalue weighted by molar-refractivity contribution is 7.13. The first-order valence-electron chi connectivity index (χ1n) is 7.09. The minimum atomic E-state index is 0. The highest BCUT2D eigenvalue weighted by Gasteiger charge is 2.27. The van der Waals surface area contributed by atoms with Crippen LogP contribution >= 0.6 is 36.2 Å². The predicted octanol–water partition coefficient (Wildman–Crippen LogP) is 3.21. The van der Waals surface area contributed by atoms with E-state index < -0.39 is 0 Å². The number of aromatic nitrogens is 1. The molecule has 4 nitrogen and oxygen atoms in total. The van der Waals surface area contributed by atoms with Gasteiger partial charge >= 0.3 is 0 Å². The van der Waals surface area contributed by atoms with E-state index in [1.165, 1.54) is 11.3 Å². The van der Waals surface area contributed by atoms with Crippen LogP contribution < -0.4 is 5.32 Å². The average Bonchev–Trinajstić information content (AvgIpc) is 2.75. The van der Waals surface area contributed by atoms with Crippen molar-refractivity contribution in [3.63, 3.8) is 0 Å². The molecule has 1 aliphatic rings. The van der Waals surface area contributed by atoms with Crippen LogP contribution in [0.5, 0.6) is 0 Å². The summed E-state index contributed by atoms with van der Waals surface area (Å²) in [6.07, 6.45) is 3.12. The first-order valence-corrected chi connectivity index (χ1v) is 7.90. The van der Waals surface area contributed by atoms with Gasteiger partial charge in [0, 0.05) is 12.6 Å². The molecule has 0 unspecified atom stereocenters. The molecule has 0 atom stereocenters. The summed E-state index contributed by atoms with van der Waals surface area (Å²) in [5, 5.41) is 4.33. The number of nitrogens with one attached hydrogen (secondary N) is 1. The van der Waals surface area contributed by atoms with Gasteiger partial charge in [-0.25, -0.2) is 4.98 Å². The number of rotatable bonds is 4. The van der Waals surface area contributed by atoms with E-state index in [0.717, 1.165) is 54.5 Å². The van der Waals surface area contributed by atoms with Crippen LogP contribution in [0.15, 0.2) is 0 Å². The molecule has 21 heavy (non-hydrogen) atoms. The Bertz CT molecular complexity index is 447. The molecular formula is C14H25Cl2N3OS. The standard InChI is InChI=1S/C14H23N3OS.2ClH/c1-4-9-17(12-5-7-15-8-6-12)14(18)13-10(2)16-11(3)19-13;;/h12,15H,4-9H2,1-3H3;2*1H. The van der Waals surface area contributed by atoms with Crippen LogP contribution in [0.25, 0.3) is 0 Å². The largest absolute Gasteiger partial charge is 0.335 e. The van der Waals surface area contributed by atoms with Crippen LogP contribution in [0.4, 0.5) is 0 Å². The quantitative estimate of drug-likeness (QED) is 0.903. The number of thiazole rings is 1. The van der Waals surface area contributed by atoms with Gasteiger partial charge in [0.2, 0.25) is 0 Å². The van der Waals surface area contributed by atoms with E-state index in [-0.39, 0.29) is 30.7 Å². The zero-order chi connectivity index (χ0) is 13.8. The Balaban J connectivity index is 0.00000200. The number of halogens is 2. The van der Waals surface area contributed by atoms with Crippen LogP contribution in [0.2, 0.25) is 0 Å². The van der Waals surface area contributed by atoms with Gasteiger partial charge in [0.1, 0.15) is 4.88 Å². The van der Waals surface area contributed by atoms with E-state index in [9.17, 15) is 4.79 Å². The molecule has 0 spiro atoms. The maximum Gasteiger partial charge on any atom is 0.266 e. The number of hydrogen-bond acceptors (Lipinski definition) is 4.